The summed E-state index contributed by atoms with van der Waals surface area (Å²) in [7, 11) is 3.81. The van der Waals surface area contributed by atoms with E-state index in [1.165, 1.54) is 44.9 Å². The third-order valence-corrected chi connectivity index (χ3v) is 3.18. The van der Waals surface area contributed by atoms with Crippen LogP contribution in [0.1, 0.15) is 58.8 Å². The van der Waals surface area contributed by atoms with E-state index in [0.717, 1.165) is 0 Å². The molecule has 2 unspecified atom stereocenters. The van der Waals surface area contributed by atoms with Gasteiger partial charge in [-0.15, -0.1) is 0 Å². The van der Waals surface area contributed by atoms with Crippen LogP contribution >= 0.6 is 0 Å². The van der Waals surface area contributed by atoms with Gasteiger partial charge in [0.05, 0.1) is 6.10 Å². The molecule has 0 aromatic heterocycles. The van der Waals surface area contributed by atoms with Crippen LogP contribution in [-0.4, -0.2) is 26.3 Å². The molecule has 0 aliphatic rings. The fraction of sp³-hybridized carbons (Fsp3) is 1.00. The second kappa shape index (κ2) is 10.4. The van der Waals surface area contributed by atoms with Gasteiger partial charge in [0.15, 0.2) is 0 Å². The van der Waals surface area contributed by atoms with E-state index in [1.54, 1.807) is 7.11 Å². The third kappa shape index (κ3) is 7.80. The maximum absolute atomic E-state index is 5.34. The molecule has 2 atom stereocenters. The van der Waals surface area contributed by atoms with Gasteiger partial charge in [0.25, 0.3) is 0 Å². The molecule has 0 spiro atoms. The molecular weight excluding hydrogens is 186 g/mol. The molecule has 0 aliphatic carbocycles. The van der Waals surface area contributed by atoms with Gasteiger partial charge in [-0.2, -0.15) is 0 Å². The predicted octanol–water partition coefficient (Wildman–Crippen LogP) is 3.36. The number of rotatable bonds is 10. The molecule has 92 valence electrons. The normalized spacial score (nSPS) is 15.2. The van der Waals surface area contributed by atoms with Crippen molar-refractivity contribution >= 4 is 0 Å². The van der Waals surface area contributed by atoms with Crippen molar-refractivity contribution in [2.45, 2.75) is 70.9 Å². The summed E-state index contributed by atoms with van der Waals surface area (Å²) in [5, 5.41) is 3.33. The topological polar surface area (TPSA) is 21.3 Å². The monoisotopic (exact) mass is 215 g/mol. The lowest BCUT2D eigenvalue weighted by Gasteiger charge is -2.22. The highest BCUT2D eigenvalue weighted by molar-refractivity contribution is 4.71. The van der Waals surface area contributed by atoms with E-state index in [4.69, 9.17) is 4.74 Å². The van der Waals surface area contributed by atoms with Crippen molar-refractivity contribution in [2.75, 3.05) is 14.2 Å². The van der Waals surface area contributed by atoms with E-state index in [-0.39, 0.29) is 0 Å². The van der Waals surface area contributed by atoms with E-state index in [1.807, 2.05) is 7.05 Å². The second-order valence-corrected chi connectivity index (χ2v) is 4.39. The Balaban J connectivity index is 3.38. The van der Waals surface area contributed by atoms with Crippen molar-refractivity contribution in [2.24, 2.45) is 0 Å². The first-order valence-corrected chi connectivity index (χ1v) is 6.46. The lowest BCUT2D eigenvalue weighted by Crippen LogP contribution is -2.36. The summed E-state index contributed by atoms with van der Waals surface area (Å²) in [6, 6.07) is 0.515. The standard InChI is InChI=1S/C13H29NO/c1-5-6-7-8-9-10-11-13(14-3)12(2)15-4/h12-14H,5-11H2,1-4H3. The van der Waals surface area contributed by atoms with Crippen LogP contribution in [0.5, 0.6) is 0 Å². The summed E-state index contributed by atoms with van der Waals surface area (Å²) < 4.78 is 5.34. The molecule has 0 aromatic rings. The number of nitrogens with one attached hydrogen (secondary N) is 1. The smallest absolute Gasteiger partial charge is 0.0696 e. The molecule has 0 aromatic carbocycles. The van der Waals surface area contributed by atoms with Crippen molar-refractivity contribution in [3.63, 3.8) is 0 Å². The number of likely N-dealkylation sites (N-methyl/N-ethyl adjacent to an activating group) is 1. The molecule has 2 nitrogen and oxygen atoms in total. The van der Waals surface area contributed by atoms with Gasteiger partial charge in [0.2, 0.25) is 0 Å². The molecular formula is C13H29NO. The van der Waals surface area contributed by atoms with Crippen LogP contribution in [0.25, 0.3) is 0 Å². The number of hydrogen-bond donors (Lipinski definition) is 1. The van der Waals surface area contributed by atoms with Gasteiger partial charge in [-0.1, -0.05) is 45.4 Å². The first kappa shape index (κ1) is 14.9. The Bertz CT molecular complexity index is 128. The van der Waals surface area contributed by atoms with Crippen molar-refractivity contribution in [1.29, 1.82) is 0 Å². The first-order chi connectivity index (χ1) is 7.26. The summed E-state index contributed by atoms with van der Waals surface area (Å²) in [6.45, 7) is 4.40. The SMILES string of the molecule is CCCCCCCCC(NC)C(C)OC. The quantitative estimate of drug-likeness (QED) is 0.564. The van der Waals surface area contributed by atoms with Gasteiger partial charge >= 0.3 is 0 Å². The summed E-state index contributed by atoms with van der Waals surface area (Å²) in [5.41, 5.74) is 0. The Morgan fingerprint density at radius 1 is 1.07 bits per heavy atom. The van der Waals surface area contributed by atoms with Crippen LogP contribution in [0.3, 0.4) is 0 Å². The fourth-order valence-corrected chi connectivity index (χ4v) is 1.92. The molecule has 0 bridgehead atoms. The molecule has 0 heterocycles. The van der Waals surface area contributed by atoms with Crippen molar-refractivity contribution < 1.29 is 4.74 Å². The number of ether oxygens (including phenoxy) is 1. The summed E-state index contributed by atoms with van der Waals surface area (Å²) in [6.07, 6.45) is 9.77. The summed E-state index contributed by atoms with van der Waals surface area (Å²) in [5.74, 6) is 0. The van der Waals surface area contributed by atoms with E-state index < -0.39 is 0 Å². The minimum Gasteiger partial charge on any atom is -0.380 e. The third-order valence-electron chi connectivity index (χ3n) is 3.18. The lowest BCUT2D eigenvalue weighted by atomic mass is 10.0. The van der Waals surface area contributed by atoms with Crippen LogP contribution in [0, 0.1) is 0 Å². The van der Waals surface area contributed by atoms with Gasteiger partial charge in [-0.25, -0.2) is 0 Å². The fourth-order valence-electron chi connectivity index (χ4n) is 1.92. The molecule has 15 heavy (non-hydrogen) atoms. The molecule has 2 heteroatoms. The molecule has 0 radical (unpaired) electrons. The Morgan fingerprint density at radius 3 is 2.20 bits per heavy atom. The molecule has 0 rings (SSSR count). The zero-order valence-corrected chi connectivity index (χ0v) is 11.0. The average molecular weight is 215 g/mol. The molecule has 0 saturated heterocycles. The predicted molar refractivity (Wildman–Crippen MR) is 67.3 cm³/mol. The number of hydrogen-bond acceptors (Lipinski definition) is 2. The number of unbranched alkanes of at least 4 members (excludes halogenated alkanes) is 5. The number of methoxy groups -OCH3 is 1. The maximum Gasteiger partial charge on any atom is 0.0696 e. The first-order valence-electron chi connectivity index (χ1n) is 6.46. The second-order valence-electron chi connectivity index (χ2n) is 4.39. The molecule has 1 N–H and O–H groups in total. The van der Waals surface area contributed by atoms with Gasteiger partial charge in [0.1, 0.15) is 0 Å². The van der Waals surface area contributed by atoms with E-state index >= 15 is 0 Å². The van der Waals surface area contributed by atoms with Crippen LogP contribution in [-0.2, 0) is 4.74 Å². The van der Waals surface area contributed by atoms with Crippen LogP contribution < -0.4 is 5.32 Å². The van der Waals surface area contributed by atoms with Crippen LogP contribution in [0.2, 0.25) is 0 Å². The van der Waals surface area contributed by atoms with Crippen molar-refractivity contribution in [3.8, 4) is 0 Å². The van der Waals surface area contributed by atoms with Gasteiger partial charge in [0, 0.05) is 13.2 Å². The largest absolute Gasteiger partial charge is 0.380 e. The molecule has 0 amide bonds. The van der Waals surface area contributed by atoms with E-state index in [0.29, 0.717) is 12.1 Å². The van der Waals surface area contributed by atoms with Crippen molar-refractivity contribution in [3.05, 3.63) is 0 Å². The zero-order valence-electron chi connectivity index (χ0n) is 11.0. The minimum absolute atomic E-state index is 0.325. The Hall–Kier alpha value is -0.0800. The lowest BCUT2D eigenvalue weighted by molar-refractivity contribution is 0.0818. The van der Waals surface area contributed by atoms with Gasteiger partial charge < -0.3 is 10.1 Å². The Labute approximate surface area is 95.8 Å². The summed E-state index contributed by atoms with van der Waals surface area (Å²) in [4.78, 5) is 0. The van der Waals surface area contributed by atoms with E-state index in [9.17, 15) is 0 Å². The highest BCUT2D eigenvalue weighted by Crippen LogP contribution is 2.11. The van der Waals surface area contributed by atoms with E-state index in [2.05, 4.69) is 19.2 Å². The maximum atomic E-state index is 5.34. The van der Waals surface area contributed by atoms with Crippen LogP contribution in [0.15, 0.2) is 0 Å². The Kier molecular flexibility index (Phi) is 10.4. The highest BCUT2D eigenvalue weighted by Gasteiger charge is 2.13. The summed E-state index contributed by atoms with van der Waals surface area (Å²) >= 11 is 0. The zero-order chi connectivity index (χ0) is 11.5. The average Bonchev–Trinajstić information content (AvgIpc) is 2.27. The van der Waals surface area contributed by atoms with Gasteiger partial charge in [-0.3, -0.25) is 0 Å². The Morgan fingerprint density at radius 2 is 1.67 bits per heavy atom. The molecule has 0 aliphatic heterocycles. The highest BCUT2D eigenvalue weighted by atomic mass is 16.5. The molecule has 0 fully saturated rings. The van der Waals surface area contributed by atoms with Crippen LogP contribution in [0.4, 0.5) is 0 Å². The van der Waals surface area contributed by atoms with Gasteiger partial charge in [-0.05, 0) is 20.4 Å². The molecule has 0 saturated carbocycles. The minimum atomic E-state index is 0.325. The van der Waals surface area contributed by atoms with Crippen molar-refractivity contribution in [1.82, 2.24) is 5.32 Å².